The molecule has 1 amide bonds. The molecule has 0 aromatic heterocycles. The van der Waals surface area contributed by atoms with Gasteiger partial charge in [0.2, 0.25) is 0 Å². The molecule has 0 radical (unpaired) electrons. The first-order valence-electron chi connectivity index (χ1n) is 11.1. The van der Waals surface area contributed by atoms with Crippen LogP contribution in [0.5, 0.6) is 11.5 Å². The number of amides is 1. The minimum Gasteiger partial charge on any atom is -0.507 e. The van der Waals surface area contributed by atoms with Gasteiger partial charge in [-0.05, 0) is 40.8 Å². The van der Waals surface area contributed by atoms with Gasteiger partial charge >= 0.3 is 0 Å². The second-order valence-corrected chi connectivity index (χ2v) is 8.15. The summed E-state index contributed by atoms with van der Waals surface area (Å²) in [5.41, 5.74) is 3.19. The van der Waals surface area contributed by atoms with E-state index in [1.54, 1.807) is 19.3 Å². The normalized spacial score (nSPS) is 15.6. The lowest BCUT2D eigenvalue weighted by Crippen LogP contribution is -2.25. The second kappa shape index (κ2) is 9.24. The van der Waals surface area contributed by atoms with E-state index >= 15 is 0 Å². The zero-order chi connectivity index (χ0) is 23.5. The number of fused-ring (bicyclic) bond motifs is 1. The van der Waals surface area contributed by atoms with Crippen molar-refractivity contribution in [2.24, 2.45) is 5.10 Å². The van der Waals surface area contributed by atoms with Crippen LogP contribution in [0.1, 0.15) is 29.2 Å². The van der Waals surface area contributed by atoms with E-state index in [1.807, 2.05) is 91.0 Å². The number of rotatable bonds is 5. The molecule has 1 heterocycles. The van der Waals surface area contributed by atoms with Crippen LogP contribution in [0, 0.1) is 0 Å². The van der Waals surface area contributed by atoms with Crippen molar-refractivity contribution in [3.63, 3.8) is 0 Å². The fourth-order valence-electron chi connectivity index (χ4n) is 4.26. The van der Waals surface area contributed by atoms with Crippen LogP contribution in [-0.4, -0.2) is 28.8 Å². The van der Waals surface area contributed by atoms with Crippen molar-refractivity contribution in [3.8, 4) is 11.5 Å². The van der Waals surface area contributed by atoms with Gasteiger partial charge in [0.15, 0.2) is 0 Å². The molecule has 1 unspecified atom stereocenters. The van der Waals surface area contributed by atoms with Gasteiger partial charge in [0.05, 0.1) is 18.9 Å². The highest BCUT2D eigenvalue weighted by atomic mass is 16.5. The molecule has 0 fully saturated rings. The molecule has 0 aliphatic carbocycles. The number of hydrogen-bond donors (Lipinski definition) is 1. The Hall–Kier alpha value is -4.38. The number of ether oxygens (including phenoxy) is 1. The number of carbonyl (C=O) groups excluding carboxylic acids is 1. The van der Waals surface area contributed by atoms with Gasteiger partial charge in [-0.15, -0.1) is 0 Å². The highest BCUT2D eigenvalue weighted by molar-refractivity contribution is 6.09. The summed E-state index contributed by atoms with van der Waals surface area (Å²) >= 11 is 0. The number of aromatic hydroxyl groups is 1. The van der Waals surface area contributed by atoms with E-state index < -0.39 is 0 Å². The molecule has 4 aromatic rings. The van der Waals surface area contributed by atoms with Crippen LogP contribution < -0.4 is 4.74 Å². The number of phenols is 1. The molecule has 1 aliphatic heterocycles. The number of phenolic OH excluding ortho intramolecular Hbond substituents is 1. The predicted molar refractivity (Wildman–Crippen MR) is 135 cm³/mol. The van der Waals surface area contributed by atoms with Crippen molar-refractivity contribution in [3.05, 3.63) is 114 Å². The minimum absolute atomic E-state index is 0.180. The fraction of sp³-hybridized carbons (Fsp3) is 0.103. The van der Waals surface area contributed by atoms with Crippen molar-refractivity contribution in [1.29, 1.82) is 0 Å². The zero-order valence-electron chi connectivity index (χ0n) is 18.8. The maximum Gasteiger partial charge on any atom is 0.267 e. The molecule has 5 nitrogen and oxygen atoms in total. The standard InChI is InChI=1S/C29H24N2O3/c1-34-23-15-12-22(13-16-23)27-19-26(25-17-14-21-9-5-6-10-24(21)29(25)33)30-31(27)28(32)18-11-20-7-3-2-4-8-20/h2-18,27,33H,19H2,1H3. The Morgan fingerprint density at radius 1 is 0.971 bits per heavy atom. The molecule has 0 saturated heterocycles. The quantitative estimate of drug-likeness (QED) is 0.384. The van der Waals surface area contributed by atoms with E-state index in [-0.39, 0.29) is 17.7 Å². The van der Waals surface area contributed by atoms with E-state index in [4.69, 9.17) is 9.84 Å². The number of hydrazone groups is 1. The highest BCUT2D eigenvalue weighted by Gasteiger charge is 2.33. The van der Waals surface area contributed by atoms with Gasteiger partial charge in [0.25, 0.3) is 5.91 Å². The summed E-state index contributed by atoms with van der Waals surface area (Å²) in [5, 5.41) is 18.9. The largest absolute Gasteiger partial charge is 0.507 e. The molecule has 5 rings (SSSR count). The lowest BCUT2D eigenvalue weighted by Gasteiger charge is -2.21. The molecule has 0 spiro atoms. The lowest BCUT2D eigenvalue weighted by atomic mass is 9.96. The Morgan fingerprint density at radius 2 is 1.71 bits per heavy atom. The van der Waals surface area contributed by atoms with Crippen LogP contribution in [-0.2, 0) is 4.79 Å². The first-order valence-corrected chi connectivity index (χ1v) is 11.1. The number of nitrogens with zero attached hydrogens (tertiary/aromatic N) is 2. The Balaban J connectivity index is 1.52. The summed E-state index contributed by atoms with van der Waals surface area (Å²) in [7, 11) is 1.62. The Bertz CT molecular complexity index is 1390. The van der Waals surface area contributed by atoms with E-state index in [2.05, 4.69) is 0 Å². The summed E-state index contributed by atoms with van der Waals surface area (Å²) < 4.78 is 5.29. The Labute approximate surface area is 198 Å². The molecule has 0 bridgehead atoms. The predicted octanol–water partition coefficient (Wildman–Crippen LogP) is 5.95. The summed E-state index contributed by atoms with van der Waals surface area (Å²) in [6, 6.07) is 28.6. The van der Waals surface area contributed by atoms with E-state index in [0.29, 0.717) is 17.7 Å². The lowest BCUT2D eigenvalue weighted by molar-refractivity contribution is -0.127. The van der Waals surface area contributed by atoms with Gasteiger partial charge < -0.3 is 9.84 Å². The summed E-state index contributed by atoms with van der Waals surface area (Å²) in [5.74, 6) is 0.705. The smallest absolute Gasteiger partial charge is 0.267 e. The molecule has 0 saturated carbocycles. The van der Waals surface area contributed by atoms with E-state index in [9.17, 15) is 9.90 Å². The molecule has 1 aliphatic rings. The summed E-state index contributed by atoms with van der Waals surface area (Å²) in [6.07, 6.45) is 3.82. The van der Waals surface area contributed by atoms with Gasteiger partial charge in [-0.2, -0.15) is 5.10 Å². The first kappa shape index (κ1) is 21.5. The van der Waals surface area contributed by atoms with Crippen molar-refractivity contribution in [1.82, 2.24) is 5.01 Å². The molecule has 5 heteroatoms. The third kappa shape index (κ3) is 4.16. The Kier molecular flexibility index (Phi) is 5.83. The molecule has 168 valence electrons. The number of benzene rings is 4. The zero-order valence-corrected chi connectivity index (χ0v) is 18.8. The summed E-state index contributed by atoms with van der Waals surface area (Å²) in [4.78, 5) is 13.2. The minimum atomic E-state index is -0.292. The van der Waals surface area contributed by atoms with Crippen molar-refractivity contribution in [2.45, 2.75) is 12.5 Å². The van der Waals surface area contributed by atoms with Crippen molar-refractivity contribution >= 4 is 28.5 Å². The molecule has 1 N–H and O–H groups in total. The van der Waals surface area contributed by atoms with Gasteiger partial charge in [-0.1, -0.05) is 72.8 Å². The van der Waals surface area contributed by atoms with Crippen LogP contribution >= 0.6 is 0 Å². The van der Waals surface area contributed by atoms with Gasteiger partial charge in [0, 0.05) is 23.4 Å². The number of hydrogen-bond acceptors (Lipinski definition) is 4. The third-order valence-electron chi connectivity index (χ3n) is 6.07. The SMILES string of the molecule is COc1ccc(C2CC(c3ccc4ccccc4c3O)=NN2C(=O)C=Cc2ccccc2)cc1. The van der Waals surface area contributed by atoms with Crippen LogP contribution in [0.25, 0.3) is 16.8 Å². The average Bonchev–Trinajstić information content (AvgIpc) is 3.33. The molecule has 34 heavy (non-hydrogen) atoms. The van der Waals surface area contributed by atoms with Crippen LogP contribution in [0.2, 0.25) is 0 Å². The van der Waals surface area contributed by atoms with Crippen molar-refractivity contribution in [2.75, 3.05) is 7.11 Å². The molecular weight excluding hydrogens is 424 g/mol. The number of carbonyl (C=O) groups is 1. The monoisotopic (exact) mass is 448 g/mol. The van der Waals surface area contributed by atoms with Gasteiger partial charge in [0.1, 0.15) is 11.5 Å². The Morgan fingerprint density at radius 3 is 2.47 bits per heavy atom. The van der Waals surface area contributed by atoms with Crippen LogP contribution in [0.15, 0.2) is 102 Å². The fourth-order valence-corrected chi connectivity index (χ4v) is 4.26. The molecule has 4 aromatic carbocycles. The van der Waals surface area contributed by atoms with Crippen LogP contribution in [0.3, 0.4) is 0 Å². The van der Waals surface area contributed by atoms with Crippen LogP contribution in [0.4, 0.5) is 0 Å². The molecular formula is C29H24N2O3. The van der Waals surface area contributed by atoms with Crippen molar-refractivity contribution < 1.29 is 14.6 Å². The van der Waals surface area contributed by atoms with E-state index in [1.165, 1.54) is 5.01 Å². The maximum absolute atomic E-state index is 13.2. The topological polar surface area (TPSA) is 62.1 Å². The van der Waals surface area contributed by atoms with Gasteiger partial charge in [-0.3, -0.25) is 4.79 Å². The van der Waals surface area contributed by atoms with Gasteiger partial charge in [-0.25, -0.2) is 5.01 Å². The summed E-state index contributed by atoms with van der Waals surface area (Å²) in [6.45, 7) is 0. The highest BCUT2D eigenvalue weighted by Crippen LogP contribution is 2.37. The third-order valence-corrected chi connectivity index (χ3v) is 6.07. The molecule has 1 atom stereocenters. The maximum atomic E-state index is 13.2. The average molecular weight is 449 g/mol. The van der Waals surface area contributed by atoms with E-state index in [0.717, 1.165) is 27.6 Å². The second-order valence-electron chi connectivity index (χ2n) is 8.15. The first-order chi connectivity index (χ1) is 16.6. The number of methoxy groups -OCH3 is 1.